The van der Waals surface area contributed by atoms with E-state index < -0.39 is 11.8 Å². The Hall–Kier alpha value is -2.43. The summed E-state index contributed by atoms with van der Waals surface area (Å²) in [6, 6.07) is 7.35. The number of hydrogen-bond donors (Lipinski definition) is 1. The Kier molecular flexibility index (Phi) is 3.23. The second-order valence-electron chi connectivity index (χ2n) is 3.52. The Morgan fingerprint density at radius 3 is 2.78 bits per heavy atom. The number of ether oxygens (including phenoxy) is 1. The van der Waals surface area contributed by atoms with E-state index >= 15 is 0 Å². The zero-order chi connectivity index (χ0) is 13.1. The quantitative estimate of drug-likeness (QED) is 0.905. The van der Waals surface area contributed by atoms with Crippen LogP contribution < -0.4 is 4.74 Å². The van der Waals surface area contributed by atoms with E-state index in [1.165, 1.54) is 31.5 Å². The first-order valence-electron chi connectivity index (χ1n) is 5.16. The molecular weight excluding hydrogens is 237 g/mol. The van der Waals surface area contributed by atoms with Crippen molar-refractivity contribution in [3.63, 3.8) is 0 Å². The number of benzene rings is 1. The van der Waals surface area contributed by atoms with Crippen molar-refractivity contribution >= 4 is 5.97 Å². The monoisotopic (exact) mass is 247 g/mol. The minimum atomic E-state index is -1.21. The fourth-order valence-electron chi connectivity index (χ4n) is 1.71. The van der Waals surface area contributed by atoms with Crippen molar-refractivity contribution in [2.75, 3.05) is 7.11 Å². The Balaban J connectivity index is 2.73. The molecule has 92 valence electrons. The zero-order valence-electron chi connectivity index (χ0n) is 9.55. The van der Waals surface area contributed by atoms with Crippen LogP contribution in [-0.2, 0) is 0 Å². The maximum atomic E-state index is 13.9. The van der Waals surface area contributed by atoms with Crippen LogP contribution in [0.1, 0.15) is 10.5 Å². The molecule has 18 heavy (non-hydrogen) atoms. The number of carboxylic acid groups (broad SMARTS) is 1. The van der Waals surface area contributed by atoms with Gasteiger partial charge in [-0.05, 0) is 18.2 Å². The van der Waals surface area contributed by atoms with Gasteiger partial charge in [-0.2, -0.15) is 0 Å². The molecule has 0 fully saturated rings. The summed E-state index contributed by atoms with van der Waals surface area (Å²) in [5, 5.41) is 9.06. The molecule has 0 spiro atoms. The average molecular weight is 247 g/mol. The van der Waals surface area contributed by atoms with E-state index in [0.29, 0.717) is 0 Å². The minimum absolute atomic E-state index is 0.102. The summed E-state index contributed by atoms with van der Waals surface area (Å²) < 4.78 is 18.9. The van der Waals surface area contributed by atoms with Gasteiger partial charge in [-0.3, -0.25) is 0 Å². The van der Waals surface area contributed by atoms with E-state index in [2.05, 4.69) is 4.98 Å². The van der Waals surface area contributed by atoms with Crippen molar-refractivity contribution in [3.05, 3.63) is 48.0 Å². The summed E-state index contributed by atoms with van der Waals surface area (Å²) in [7, 11) is 1.40. The Morgan fingerprint density at radius 2 is 2.11 bits per heavy atom. The molecule has 5 heteroatoms. The molecule has 0 aliphatic carbocycles. The van der Waals surface area contributed by atoms with Gasteiger partial charge in [0, 0.05) is 11.8 Å². The number of pyridine rings is 1. The van der Waals surface area contributed by atoms with Gasteiger partial charge in [0.15, 0.2) is 5.69 Å². The summed E-state index contributed by atoms with van der Waals surface area (Å²) in [6.07, 6.45) is 1.35. The van der Waals surface area contributed by atoms with Crippen molar-refractivity contribution in [3.8, 4) is 16.9 Å². The second kappa shape index (κ2) is 4.83. The van der Waals surface area contributed by atoms with Gasteiger partial charge in [-0.15, -0.1) is 0 Å². The van der Waals surface area contributed by atoms with Gasteiger partial charge in [0.1, 0.15) is 11.6 Å². The van der Waals surface area contributed by atoms with Gasteiger partial charge in [0.2, 0.25) is 0 Å². The molecule has 0 aliphatic rings. The predicted octanol–water partition coefficient (Wildman–Crippen LogP) is 2.59. The van der Waals surface area contributed by atoms with Gasteiger partial charge in [0.05, 0.1) is 12.7 Å². The Labute approximate surface area is 103 Å². The SMILES string of the molecule is COc1cccc(F)c1-c1cccnc1C(=O)O. The fourth-order valence-corrected chi connectivity index (χ4v) is 1.71. The number of halogens is 1. The van der Waals surface area contributed by atoms with E-state index in [1.54, 1.807) is 12.1 Å². The first-order chi connectivity index (χ1) is 8.65. The third-order valence-corrected chi connectivity index (χ3v) is 2.47. The molecule has 0 atom stereocenters. The van der Waals surface area contributed by atoms with Crippen molar-refractivity contribution < 1.29 is 19.0 Å². The zero-order valence-corrected chi connectivity index (χ0v) is 9.55. The molecule has 0 saturated carbocycles. The van der Waals surface area contributed by atoms with E-state index in [9.17, 15) is 9.18 Å². The lowest BCUT2D eigenvalue weighted by Crippen LogP contribution is -2.04. The highest BCUT2D eigenvalue weighted by molar-refractivity contribution is 5.94. The maximum Gasteiger partial charge on any atom is 0.355 e. The first kappa shape index (κ1) is 12.0. The van der Waals surface area contributed by atoms with E-state index in [4.69, 9.17) is 9.84 Å². The third kappa shape index (κ3) is 2.02. The highest BCUT2D eigenvalue weighted by Crippen LogP contribution is 2.33. The lowest BCUT2D eigenvalue weighted by molar-refractivity contribution is 0.0691. The predicted molar refractivity (Wildman–Crippen MR) is 63.1 cm³/mol. The number of aromatic nitrogens is 1. The van der Waals surface area contributed by atoms with Gasteiger partial charge in [-0.25, -0.2) is 14.2 Å². The normalized spacial score (nSPS) is 10.1. The molecule has 1 N–H and O–H groups in total. The number of carbonyl (C=O) groups is 1. The van der Waals surface area contributed by atoms with Gasteiger partial charge in [-0.1, -0.05) is 12.1 Å². The molecule has 1 heterocycles. The molecule has 4 nitrogen and oxygen atoms in total. The van der Waals surface area contributed by atoms with E-state index in [0.717, 1.165) is 0 Å². The number of nitrogens with zero attached hydrogens (tertiary/aromatic N) is 1. The summed E-state index contributed by atoms with van der Waals surface area (Å²) in [6.45, 7) is 0. The van der Waals surface area contributed by atoms with Crippen LogP contribution in [-0.4, -0.2) is 23.2 Å². The van der Waals surface area contributed by atoms with Crippen molar-refractivity contribution in [2.45, 2.75) is 0 Å². The summed E-state index contributed by atoms with van der Waals surface area (Å²) in [5.41, 5.74) is 0.0892. The third-order valence-electron chi connectivity index (χ3n) is 2.47. The summed E-state index contributed by atoms with van der Waals surface area (Å²) in [4.78, 5) is 14.8. The number of methoxy groups -OCH3 is 1. The fraction of sp³-hybridized carbons (Fsp3) is 0.0769. The lowest BCUT2D eigenvalue weighted by atomic mass is 10.0. The van der Waals surface area contributed by atoms with Crippen LogP contribution in [0.2, 0.25) is 0 Å². The maximum absolute atomic E-state index is 13.9. The van der Waals surface area contributed by atoms with Crippen LogP contribution in [0.15, 0.2) is 36.5 Å². The molecule has 1 aromatic heterocycles. The molecule has 0 amide bonds. The minimum Gasteiger partial charge on any atom is -0.496 e. The molecule has 0 radical (unpaired) electrons. The Bertz CT molecular complexity index is 599. The van der Waals surface area contributed by atoms with Crippen molar-refractivity contribution in [2.24, 2.45) is 0 Å². The van der Waals surface area contributed by atoms with Crippen LogP contribution >= 0.6 is 0 Å². The lowest BCUT2D eigenvalue weighted by Gasteiger charge is -2.11. The summed E-state index contributed by atoms with van der Waals surface area (Å²) >= 11 is 0. The van der Waals surface area contributed by atoms with E-state index in [-0.39, 0.29) is 22.6 Å². The highest BCUT2D eigenvalue weighted by atomic mass is 19.1. The van der Waals surface area contributed by atoms with Gasteiger partial charge in [0.25, 0.3) is 0 Å². The van der Waals surface area contributed by atoms with Crippen LogP contribution in [0.25, 0.3) is 11.1 Å². The molecule has 2 rings (SSSR count). The van der Waals surface area contributed by atoms with Gasteiger partial charge < -0.3 is 9.84 Å². The smallest absolute Gasteiger partial charge is 0.355 e. The van der Waals surface area contributed by atoms with Crippen LogP contribution in [0.3, 0.4) is 0 Å². The summed E-state index contributed by atoms with van der Waals surface area (Å²) in [5.74, 6) is -1.49. The number of aromatic carboxylic acids is 1. The highest BCUT2D eigenvalue weighted by Gasteiger charge is 2.19. The standard InChI is InChI=1S/C13H10FNO3/c1-18-10-6-2-5-9(14)11(10)8-4-3-7-15-12(8)13(16)17/h2-7H,1H3,(H,16,17). The second-order valence-corrected chi connectivity index (χ2v) is 3.52. The van der Waals surface area contributed by atoms with Gasteiger partial charge >= 0.3 is 5.97 Å². The number of rotatable bonds is 3. The number of hydrogen-bond acceptors (Lipinski definition) is 3. The van der Waals surface area contributed by atoms with Crippen molar-refractivity contribution in [1.82, 2.24) is 4.98 Å². The molecule has 0 saturated heterocycles. The van der Waals surface area contributed by atoms with Crippen molar-refractivity contribution in [1.29, 1.82) is 0 Å². The largest absolute Gasteiger partial charge is 0.496 e. The molecular formula is C13H10FNO3. The van der Waals surface area contributed by atoms with Crippen LogP contribution in [0, 0.1) is 5.82 Å². The molecule has 2 aromatic rings. The molecule has 0 aliphatic heterocycles. The molecule has 0 bridgehead atoms. The van der Waals surface area contributed by atoms with Crippen LogP contribution in [0.5, 0.6) is 5.75 Å². The average Bonchev–Trinajstić information content (AvgIpc) is 2.38. The molecule has 0 unspecified atom stereocenters. The number of carboxylic acids is 1. The Morgan fingerprint density at radius 1 is 1.33 bits per heavy atom. The van der Waals surface area contributed by atoms with Crippen LogP contribution in [0.4, 0.5) is 4.39 Å². The molecule has 1 aromatic carbocycles. The first-order valence-corrected chi connectivity index (χ1v) is 5.16. The van der Waals surface area contributed by atoms with E-state index in [1.807, 2.05) is 0 Å². The topological polar surface area (TPSA) is 59.4 Å².